The van der Waals surface area contributed by atoms with E-state index in [1.807, 2.05) is 6.92 Å². The van der Waals surface area contributed by atoms with Gasteiger partial charge in [-0.25, -0.2) is 9.97 Å². The van der Waals surface area contributed by atoms with Crippen LogP contribution in [0.25, 0.3) is 0 Å². The van der Waals surface area contributed by atoms with Crippen LogP contribution in [0.1, 0.15) is 51.0 Å². The molecule has 1 aromatic heterocycles. The molecule has 100 valence electrons. The molecule has 1 aliphatic rings. The van der Waals surface area contributed by atoms with Gasteiger partial charge in [0, 0.05) is 18.3 Å². The molecular weight excluding hydrogens is 222 g/mol. The predicted molar refractivity (Wildman–Crippen MR) is 75.8 cm³/mol. The normalized spacial score (nSPS) is 23.9. The summed E-state index contributed by atoms with van der Waals surface area (Å²) < 4.78 is 0. The van der Waals surface area contributed by atoms with Gasteiger partial charge in [0.05, 0.1) is 0 Å². The van der Waals surface area contributed by atoms with Crippen molar-refractivity contribution in [2.24, 2.45) is 11.8 Å². The Labute approximate surface area is 110 Å². The summed E-state index contributed by atoms with van der Waals surface area (Å²) in [5.74, 6) is 3.57. The first kappa shape index (κ1) is 13.3. The summed E-state index contributed by atoms with van der Waals surface area (Å²) in [7, 11) is 0. The lowest BCUT2D eigenvalue weighted by Crippen LogP contribution is -2.21. The minimum atomic E-state index is 0.814. The summed E-state index contributed by atoms with van der Waals surface area (Å²) in [6, 6.07) is 2.08. The fourth-order valence-corrected chi connectivity index (χ4v) is 2.90. The van der Waals surface area contributed by atoms with Gasteiger partial charge in [-0.2, -0.15) is 0 Å². The Morgan fingerprint density at radius 3 is 2.89 bits per heavy atom. The molecule has 0 radical (unpaired) electrons. The van der Waals surface area contributed by atoms with E-state index < -0.39 is 0 Å². The lowest BCUT2D eigenvalue weighted by atomic mass is 9.82. The van der Waals surface area contributed by atoms with Crippen LogP contribution >= 0.6 is 0 Å². The van der Waals surface area contributed by atoms with E-state index in [4.69, 9.17) is 0 Å². The van der Waals surface area contributed by atoms with Crippen molar-refractivity contribution in [1.29, 1.82) is 0 Å². The van der Waals surface area contributed by atoms with Crippen LogP contribution in [0.4, 0.5) is 5.82 Å². The molecule has 2 atom stereocenters. The molecule has 0 aliphatic heterocycles. The van der Waals surface area contributed by atoms with Crippen molar-refractivity contribution in [2.45, 2.75) is 52.9 Å². The van der Waals surface area contributed by atoms with Crippen molar-refractivity contribution >= 4 is 5.82 Å². The van der Waals surface area contributed by atoms with Crippen molar-refractivity contribution < 1.29 is 0 Å². The highest BCUT2D eigenvalue weighted by molar-refractivity contribution is 5.36. The van der Waals surface area contributed by atoms with Crippen LogP contribution in [-0.2, 0) is 6.42 Å². The van der Waals surface area contributed by atoms with Crippen LogP contribution in [0.5, 0.6) is 0 Å². The van der Waals surface area contributed by atoms with E-state index in [1.165, 1.54) is 25.7 Å². The maximum Gasteiger partial charge on any atom is 0.129 e. The number of nitrogens with one attached hydrogen (secondary N) is 1. The Bertz CT molecular complexity index is 389. The molecule has 1 aromatic rings. The molecule has 1 aliphatic carbocycles. The van der Waals surface area contributed by atoms with Gasteiger partial charge in [-0.1, -0.05) is 26.7 Å². The minimum absolute atomic E-state index is 0.814. The van der Waals surface area contributed by atoms with Crippen LogP contribution in [-0.4, -0.2) is 16.5 Å². The third kappa shape index (κ3) is 3.69. The quantitative estimate of drug-likeness (QED) is 0.883. The maximum absolute atomic E-state index is 4.46. The summed E-state index contributed by atoms with van der Waals surface area (Å²) in [5.41, 5.74) is 1.13. The highest BCUT2D eigenvalue weighted by Crippen LogP contribution is 2.28. The number of anilines is 1. The Morgan fingerprint density at radius 2 is 2.17 bits per heavy atom. The molecule has 0 bridgehead atoms. The van der Waals surface area contributed by atoms with Crippen molar-refractivity contribution in [3.63, 3.8) is 0 Å². The summed E-state index contributed by atoms with van der Waals surface area (Å²) >= 11 is 0. The predicted octanol–water partition coefficient (Wildman–Crippen LogP) is 3.59. The van der Waals surface area contributed by atoms with Gasteiger partial charge in [0.1, 0.15) is 11.6 Å². The minimum Gasteiger partial charge on any atom is -0.370 e. The molecule has 0 spiro atoms. The molecule has 0 aromatic carbocycles. The topological polar surface area (TPSA) is 37.8 Å². The maximum atomic E-state index is 4.46. The highest BCUT2D eigenvalue weighted by atomic mass is 15.0. The van der Waals surface area contributed by atoms with Crippen LogP contribution in [0.2, 0.25) is 0 Å². The van der Waals surface area contributed by atoms with E-state index in [0.29, 0.717) is 0 Å². The average Bonchev–Trinajstić information content (AvgIpc) is 2.36. The molecular formula is C15H25N3. The van der Waals surface area contributed by atoms with E-state index in [1.54, 1.807) is 0 Å². The number of hydrogen-bond donors (Lipinski definition) is 1. The first-order chi connectivity index (χ1) is 8.67. The van der Waals surface area contributed by atoms with E-state index in [-0.39, 0.29) is 0 Å². The Balaban J connectivity index is 1.91. The zero-order valence-corrected chi connectivity index (χ0v) is 11.9. The second-order valence-corrected chi connectivity index (χ2v) is 5.66. The van der Waals surface area contributed by atoms with Crippen molar-refractivity contribution in [3.8, 4) is 0 Å². The van der Waals surface area contributed by atoms with Gasteiger partial charge >= 0.3 is 0 Å². The Morgan fingerprint density at radius 1 is 1.33 bits per heavy atom. The first-order valence-corrected chi connectivity index (χ1v) is 7.25. The summed E-state index contributed by atoms with van der Waals surface area (Å²) in [6.45, 7) is 7.53. The molecule has 2 rings (SSSR count). The lowest BCUT2D eigenvalue weighted by molar-refractivity contribution is 0.293. The molecule has 0 amide bonds. The van der Waals surface area contributed by atoms with Gasteiger partial charge < -0.3 is 5.32 Å². The summed E-state index contributed by atoms with van der Waals surface area (Å²) in [5, 5.41) is 3.50. The van der Waals surface area contributed by atoms with Crippen molar-refractivity contribution in [3.05, 3.63) is 17.6 Å². The first-order valence-electron chi connectivity index (χ1n) is 7.25. The Kier molecular flexibility index (Phi) is 4.56. The highest BCUT2D eigenvalue weighted by Gasteiger charge is 2.18. The molecule has 2 unspecified atom stereocenters. The van der Waals surface area contributed by atoms with Crippen molar-refractivity contribution in [1.82, 2.24) is 9.97 Å². The summed E-state index contributed by atoms with van der Waals surface area (Å²) in [4.78, 5) is 8.87. The van der Waals surface area contributed by atoms with E-state index in [0.717, 1.165) is 42.1 Å². The lowest BCUT2D eigenvalue weighted by Gasteiger charge is -2.27. The van der Waals surface area contributed by atoms with Crippen LogP contribution in [0, 0.1) is 18.8 Å². The average molecular weight is 247 g/mol. The number of rotatable bonds is 4. The molecule has 3 heteroatoms. The molecule has 0 saturated heterocycles. The van der Waals surface area contributed by atoms with Gasteiger partial charge in [-0.3, -0.25) is 0 Å². The molecule has 1 heterocycles. The molecule has 1 saturated carbocycles. The number of aromatic nitrogens is 2. The number of hydrogen-bond acceptors (Lipinski definition) is 3. The standard InChI is InChI=1S/C15H25N3/c1-4-14-9-15(18-12(3)17-14)16-10-13-7-5-6-11(2)8-13/h9,11,13H,4-8,10H2,1-3H3,(H,16,17,18). The van der Waals surface area contributed by atoms with Gasteiger partial charge in [-0.05, 0) is 38.0 Å². The summed E-state index contributed by atoms with van der Waals surface area (Å²) in [6.07, 6.45) is 6.48. The third-order valence-electron chi connectivity index (χ3n) is 3.87. The van der Waals surface area contributed by atoms with Crippen LogP contribution in [0.15, 0.2) is 6.07 Å². The Hall–Kier alpha value is -1.12. The van der Waals surface area contributed by atoms with Gasteiger partial charge in [0.15, 0.2) is 0 Å². The van der Waals surface area contributed by atoms with Crippen molar-refractivity contribution in [2.75, 3.05) is 11.9 Å². The SMILES string of the molecule is CCc1cc(NCC2CCCC(C)C2)nc(C)n1. The fourth-order valence-electron chi connectivity index (χ4n) is 2.90. The van der Waals surface area contributed by atoms with Gasteiger partial charge in [-0.15, -0.1) is 0 Å². The van der Waals surface area contributed by atoms with E-state index in [2.05, 4.69) is 35.2 Å². The van der Waals surface area contributed by atoms with Crippen LogP contribution in [0.3, 0.4) is 0 Å². The number of nitrogens with zero attached hydrogens (tertiary/aromatic N) is 2. The zero-order valence-electron chi connectivity index (χ0n) is 11.9. The third-order valence-corrected chi connectivity index (χ3v) is 3.87. The van der Waals surface area contributed by atoms with Gasteiger partial charge in [0.2, 0.25) is 0 Å². The number of aryl methyl sites for hydroxylation is 2. The molecule has 1 N–H and O–H groups in total. The molecule has 18 heavy (non-hydrogen) atoms. The largest absolute Gasteiger partial charge is 0.370 e. The molecule has 1 fully saturated rings. The second-order valence-electron chi connectivity index (χ2n) is 5.66. The monoisotopic (exact) mass is 247 g/mol. The van der Waals surface area contributed by atoms with E-state index >= 15 is 0 Å². The van der Waals surface area contributed by atoms with E-state index in [9.17, 15) is 0 Å². The van der Waals surface area contributed by atoms with Gasteiger partial charge in [0.25, 0.3) is 0 Å². The smallest absolute Gasteiger partial charge is 0.129 e. The fraction of sp³-hybridized carbons (Fsp3) is 0.733. The zero-order chi connectivity index (χ0) is 13.0. The van der Waals surface area contributed by atoms with Crippen LogP contribution < -0.4 is 5.32 Å². The molecule has 3 nitrogen and oxygen atoms in total. The second kappa shape index (κ2) is 6.17.